The fourth-order valence-electron chi connectivity index (χ4n) is 8.86. The first-order valence-electron chi connectivity index (χ1n) is 18.1. The maximum Gasteiger partial charge on any atom is 0.114 e. The van der Waals surface area contributed by atoms with E-state index in [-0.39, 0.29) is 0 Å². The van der Waals surface area contributed by atoms with Gasteiger partial charge in [-0.2, -0.15) is 0 Å². The van der Waals surface area contributed by atoms with E-state index in [0.29, 0.717) is 0 Å². The number of anilines is 3. The molecule has 0 spiro atoms. The highest BCUT2D eigenvalue weighted by Gasteiger charge is 2.29. The molecule has 0 N–H and O–H groups in total. The first kappa shape index (κ1) is 29.1. The zero-order valence-electron chi connectivity index (χ0n) is 28.7. The number of aryl methyl sites for hydroxylation is 1. The zero-order chi connectivity index (χ0) is 34.3. The number of para-hydroxylation sites is 2. The third-order valence-electron chi connectivity index (χ3n) is 11.0. The Balaban J connectivity index is 1.23. The summed E-state index contributed by atoms with van der Waals surface area (Å²) in [6.45, 7) is 2.20. The molecule has 1 aromatic heterocycles. The van der Waals surface area contributed by atoms with Crippen molar-refractivity contribution in [3.8, 4) is 27.9 Å². The van der Waals surface area contributed by atoms with Crippen molar-refractivity contribution in [3.05, 3.63) is 176 Å². The number of fused-ring (bicyclic) bond motifs is 7. The van der Waals surface area contributed by atoms with Crippen molar-refractivity contribution in [2.45, 2.75) is 13.3 Å². The van der Waals surface area contributed by atoms with Gasteiger partial charge in [0.1, 0.15) is 5.82 Å². The number of aromatic nitrogens is 2. The van der Waals surface area contributed by atoms with Crippen molar-refractivity contribution >= 4 is 71.2 Å². The monoisotopic (exact) mass is 663 g/mol. The predicted octanol–water partition coefficient (Wildman–Crippen LogP) is 13.3. The largest absolute Gasteiger partial charge is 0.306 e. The van der Waals surface area contributed by atoms with Crippen molar-refractivity contribution in [2.24, 2.45) is 0 Å². The molecule has 0 atom stereocenters. The molecule has 244 valence electrons. The fraction of sp³-hybridized carbons (Fsp3) is 0.0408. The molecule has 0 fully saturated rings. The van der Waals surface area contributed by atoms with Gasteiger partial charge in [0.2, 0.25) is 0 Å². The molecule has 2 heterocycles. The number of hydrogen-bond acceptors (Lipinski definition) is 2. The number of imidazole rings is 1. The van der Waals surface area contributed by atoms with E-state index in [9.17, 15) is 0 Å². The minimum Gasteiger partial charge on any atom is -0.306 e. The molecule has 1 aliphatic heterocycles. The second-order valence-corrected chi connectivity index (χ2v) is 13.8. The molecule has 0 aliphatic carbocycles. The van der Waals surface area contributed by atoms with Gasteiger partial charge >= 0.3 is 0 Å². The van der Waals surface area contributed by atoms with E-state index in [4.69, 9.17) is 4.98 Å². The molecular formula is C49H33N3. The standard InChI is InChI=1S/C49H33N3/c1-2-46-50-42-25-14-26-44-49(42)52(46)45-30-32(27-28-43(45)51(44)33-16-4-3-5-17-33)47-37-21-10-12-23-39(37)48(40-24-13-11-22-38(40)47)41-29-31-15-6-7-18-34(31)35-19-8-9-20-36(35)41/h3-30H,2H2,1H3. The average Bonchev–Trinajstić information content (AvgIpc) is 3.60. The highest BCUT2D eigenvalue weighted by molar-refractivity contribution is 6.26. The van der Waals surface area contributed by atoms with Crippen LogP contribution in [0.4, 0.5) is 17.1 Å². The minimum atomic E-state index is 0.837. The summed E-state index contributed by atoms with van der Waals surface area (Å²) in [6.07, 6.45) is 0.837. The number of hydrogen-bond donors (Lipinski definition) is 0. The van der Waals surface area contributed by atoms with Gasteiger partial charge in [0, 0.05) is 12.1 Å². The Hall–Kier alpha value is -6.71. The van der Waals surface area contributed by atoms with Gasteiger partial charge in [0.15, 0.2) is 0 Å². The minimum absolute atomic E-state index is 0.837. The molecule has 0 saturated heterocycles. The Morgan fingerprint density at radius 1 is 0.462 bits per heavy atom. The molecule has 9 aromatic carbocycles. The maximum absolute atomic E-state index is 5.16. The summed E-state index contributed by atoms with van der Waals surface area (Å²) in [5, 5.41) is 10.1. The lowest BCUT2D eigenvalue weighted by Crippen LogP contribution is -2.19. The average molecular weight is 664 g/mol. The van der Waals surface area contributed by atoms with Crippen LogP contribution >= 0.6 is 0 Å². The van der Waals surface area contributed by atoms with Gasteiger partial charge in [0.25, 0.3) is 0 Å². The van der Waals surface area contributed by atoms with E-state index in [0.717, 1.165) is 46.0 Å². The molecule has 0 unspecified atom stereocenters. The molecule has 52 heavy (non-hydrogen) atoms. The second kappa shape index (κ2) is 11.1. The summed E-state index contributed by atoms with van der Waals surface area (Å²) in [5.41, 5.74) is 11.8. The smallest absolute Gasteiger partial charge is 0.114 e. The molecule has 0 radical (unpaired) electrons. The van der Waals surface area contributed by atoms with Crippen LogP contribution < -0.4 is 4.90 Å². The van der Waals surface area contributed by atoms with Crippen LogP contribution in [0, 0.1) is 0 Å². The topological polar surface area (TPSA) is 21.1 Å². The molecule has 10 aromatic rings. The van der Waals surface area contributed by atoms with Crippen LogP contribution in [0.25, 0.3) is 82.1 Å². The Labute approximate surface area is 301 Å². The van der Waals surface area contributed by atoms with Gasteiger partial charge in [-0.3, -0.25) is 4.57 Å². The molecule has 0 bridgehead atoms. The number of benzene rings is 9. The van der Waals surface area contributed by atoms with Crippen molar-refractivity contribution in [3.63, 3.8) is 0 Å². The molecule has 3 nitrogen and oxygen atoms in total. The van der Waals surface area contributed by atoms with Gasteiger partial charge < -0.3 is 4.90 Å². The molecule has 1 aliphatic rings. The van der Waals surface area contributed by atoms with Crippen molar-refractivity contribution in [1.82, 2.24) is 9.55 Å². The second-order valence-electron chi connectivity index (χ2n) is 13.8. The third kappa shape index (κ3) is 4.05. The summed E-state index contributed by atoms with van der Waals surface area (Å²) < 4.78 is 2.41. The Bertz CT molecular complexity index is 3010. The van der Waals surface area contributed by atoms with E-state index in [1.54, 1.807) is 0 Å². The molecule has 11 rings (SSSR count). The molecular weight excluding hydrogens is 631 g/mol. The highest BCUT2D eigenvalue weighted by Crippen LogP contribution is 2.50. The van der Waals surface area contributed by atoms with Gasteiger partial charge in [0.05, 0.1) is 28.1 Å². The van der Waals surface area contributed by atoms with E-state index in [1.165, 1.54) is 65.3 Å². The van der Waals surface area contributed by atoms with E-state index in [1.807, 2.05) is 0 Å². The molecule has 0 amide bonds. The van der Waals surface area contributed by atoms with E-state index < -0.39 is 0 Å². The SMILES string of the molecule is CCc1nc2cccc3c2n1-c1cc(-c2c4ccccc4c(-c4cc5ccccc5c5ccccc45)c4ccccc24)ccc1N3c1ccccc1. The lowest BCUT2D eigenvalue weighted by atomic mass is 9.83. The fourth-order valence-corrected chi connectivity index (χ4v) is 8.86. The van der Waals surface area contributed by atoms with Gasteiger partial charge in [-0.1, -0.05) is 134 Å². The van der Waals surface area contributed by atoms with Crippen LogP contribution in [0.2, 0.25) is 0 Å². The first-order valence-corrected chi connectivity index (χ1v) is 18.1. The summed E-state index contributed by atoms with van der Waals surface area (Å²) in [5.74, 6) is 1.07. The van der Waals surface area contributed by atoms with Crippen molar-refractivity contribution in [2.75, 3.05) is 4.90 Å². The number of rotatable bonds is 4. The van der Waals surface area contributed by atoms with E-state index >= 15 is 0 Å². The third-order valence-corrected chi connectivity index (χ3v) is 11.0. The lowest BCUT2D eigenvalue weighted by molar-refractivity contribution is 0.901. The quantitative estimate of drug-likeness (QED) is 0.138. The summed E-state index contributed by atoms with van der Waals surface area (Å²) in [4.78, 5) is 7.56. The van der Waals surface area contributed by atoms with Crippen LogP contribution in [-0.4, -0.2) is 9.55 Å². The predicted molar refractivity (Wildman–Crippen MR) is 220 cm³/mol. The zero-order valence-corrected chi connectivity index (χ0v) is 28.7. The van der Waals surface area contributed by atoms with Crippen LogP contribution in [0.15, 0.2) is 170 Å². The normalized spacial score (nSPS) is 12.4. The first-order chi connectivity index (χ1) is 25.8. The van der Waals surface area contributed by atoms with Gasteiger partial charge in [-0.25, -0.2) is 4.98 Å². The van der Waals surface area contributed by atoms with Gasteiger partial charge in [-0.15, -0.1) is 0 Å². The Morgan fingerprint density at radius 3 is 1.79 bits per heavy atom. The summed E-state index contributed by atoms with van der Waals surface area (Å²) >= 11 is 0. The number of nitrogens with zero attached hydrogens (tertiary/aromatic N) is 3. The van der Waals surface area contributed by atoms with Crippen LogP contribution in [-0.2, 0) is 6.42 Å². The van der Waals surface area contributed by atoms with Crippen LogP contribution in [0.5, 0.6) is 0 Å². The van der Waals surface area contributed by atoms with Crippen LogP contribution in [0.1, 0.15) is 12.7 Å². The molecule has 0 saturated carbocycles. The lowest BCUT2D eigenvalue weighted by Gasteiger charge is -2.33. The summed E-state index contributed by atoms with van der Waals surface area (Å²) in [7, 11) is 0. The molecule has 3 heteroatoms. The maximum atomic E-state index is 5.16. The van der Waals surface area contributed by atoms with Crippen molar-refractivity contribution in [1.29, 1.82) is 0 Å². The summed E-state index contributed by atoms with van der Waals surface area (Å²) in [6, 6.07) is 62.2. The van der Waals surface area contributed by atoms with Crippen molar-refractivity contribution < 1.29 is 0 Å². The Morgan fingerprint density at radius 2 is 1.08 bits per heavy atom. The van der Waals surface area contributed by atoms with E-state index in [2.05, 4.69) is 186 Å². The van der Waals surface area contributed by atoms with Crippen LogP contribution in [0.3, 0.4) is 0 Å². The highest BCUT2D eigenvalue weighted by atomic mass is 15.2. The Kier molecular flexibility index (Phi) is 6.23. The van der Waals surface area contributed by atoms with Gasteiger partial charge in [-0.05, 0) is 108 Å².